The first-order chi connectivity index (χ1) is 12.9. The molecule has 0 bridgehead atoms. The number of esters is 1. The fraction of sp³-hybridized carbons (Fsp3) is 0.158. The topological polar surface area (TPSA) is 96.5 Å². The van der Waals surface area contributed by atoms with E-state index in [1.165, 1.54) is 6.92 Å². The van der Waals surface area contributed by atoms with Crippen LogP contribution in [-0.2, 0) is 9.53 Å². The highest BCUT2D eigenvalue weighted by atomic mass is 32.1. The van der Waals surface area contributed by atoms with Crippen molar-refractivity contribution in [3.05, 3.63) is 59.7 Å². The SMILES string of the molecule is CCOC(=O)c1ccc(NC(=S)NC(=O)c2cccc(NC(C)=O)c2)cc1. The molecule has 3 N–H and O–H groups in total. The number of anilines is 2. The van der Waals surface area contributed by atoms with Crippen LogP contribution < -0.4 is 16.0 Å². The van der Waals surface area contributed by atoms with E-state index in [0.29, 0.717) is 29.1 Å². The van der Waals surface area contributed by atoms with E-state index in [0.717, 1.165) is 0 Å². The maximum atomic E-state index is 12.3. The molecule has 27 heavy (non-hydrogen) atoms. The Kier molecular flexibility index (Phi) is 7.01. The van der Waals surface area contributed by atoms with Crippen LogP contribution in [0, 0.1) is 0 Å². The molecule has 2 rings (SSSR count). The minimum absolute atomic E-state index is 0.105. The van der Waals surface area contributed by atoms with Crippen LogP contribution in [-0.4, -0.2) is 29.5 Å². The van der Waals surface area contributed by atoms with E-state index < -0.39 is 11.9 Å². The second-order valence-electron chi connectivity index (χ2n) is 5.47. The number of hydrogen-bond acceptors (Lipinski definition) is 5. The van der Waals surface area contributed by atoms with Crippen LogP contribution in [0.1, 0.15) is 34.6 Å². The first-order valence-corrected chi connectivity index (χ1v) is 8.57. The zero-order valence-electron chi connectivity index (χ0n) is 14.9. The van der Waals surface area contributed by atoms with E-state index in [1.807, 2.05) is 0 Å². The lowest BCUT2D eigenvalue weighted by Gasteiger charge is -2.11. The lowest BCUT2D eigenvalue weighted by molar-refractivity contribution is -0.114. The monoisotopic (exact) mass is 385 g/mol. The number of amides is 2. The Morgan fingerprint density at radius 2 is 1.67 bits per heavy atom. The Bertz CT molecular complexity index is 866. The van der Waals surface area contributed by atoms with Gasteiger partial charge in [0.15, 0.2) is 5.11 Å². The molecule has 2 amide bonds. The standard InChI is InChI=1S/C19H19N3O4S/c1-3-26-18(25)13-7-9-15(10-8-13)21-19(27)22-17(24)14-5-4-6-16(11-14)20-12(2)23/h4-11H,3H2,1-2H3,(H,20,23)(H2,21,22,24,27). The summed E-state index contributed by atoms with van der Waals surface area (Å²) >= 11 is 5.14. The first kappa shape index (κ1) is 20.1. The van der Waals surface area contributed by atoms with Gasteiger partial charge in [-0.15, -0.1) is 0 Å². The molecule has 2 aromatic rings. The number of carbonyl (C=O) groups is 3. The molecular formula is C19H19N3O4S. The zero-order chi connectivity index (χ0) is 19.8. The van der Waals surface area contributed by atoms with Crippen molar-refractivity contribution in [1.82, 2.24) is 5.32 Å². The van der Waals surface area contributed by atoms with Crippen molar-refractivity contribution >= 4 is 46.5 Å². The number of nitrogens with one attached hydrogen (secondary N) is 3. The Morgan fingerprint density at radius 3 is 2.30 bits per heavy atom. The normalized spacial score (nSPS) is 9.85. The minimum atomic E-state index is -0.414. The van der Waals surface area contributed by atoms with Gasteiger partial charge < -0.3 is 15.4 Å². The quantitative estimate of drug-likeness (QED) is 0.541. The summed E-state index contributed by atoms with van der Waals surface area (Å²) < 4.78 is 4.92. The van der Waals surface area contributed by atoms with E-state index in [1.54, 1.807) is 55.5 Å². The zero-order valence-corrected chi connectivity index (χ0v) is 15.7. The minimum Gasteiger partial charge on any atom is -0.462 e. The van der Waals surface area contributed by atoms with Gasteiger partial charge in [0.1, 0.15) is 0 Å². The van der Waals surface area contributed by atoms with Gasteiger partial charge in [-0.1, -0.05) is 6.07 Å². The van der Waals surface area contributed by atoms with Gasteiger partial charge in [0, 0.05) is 23.9 Å². The average molecular weight is 385 g/mol. The van der Waals surface area contributed by atoms with Crippen LogP contribution in [0.5, 0.6) is 0 Å². The van der Waals surface area contributed by atoms with Gasteiger partial charge in [0.05, 0.1) is 12.2 Å². The molecule has 0 heterocycles. The number of hydrogen-bond donors (Lipinski definition) is 3. The van der Waals surface area contributed by atoms with Crippen LogP contribution in [0.4, 0.5) is 11.4 Å². The largest absolute Gasteiger partial charge is 0.462 e. The van der Waals surface area contributed by atoms with Gasteiger partial charge in [0.25, 0.3) is 5.91 Å². The molecule has 0 aliphatic heterocycles. The summed E-state index contributed by atoms with van der Waals surface area (Å²) in [6, 6.07) is 13.0. The highest BCUT2D eigenvalue weighted by Crippen LogP contribution is 2.12. The predicted octanol–water partition coefficient (Wildman–Crippen LogP) is 2.95. The smallest absolute Gasteiger partial charge is 0.338 e. The predicted molar refractivity (Wildman–Crippen MR) is 107 cm³/mol. The number of ether oxygens (including phenoxy) is 1. The Labute approximate surface area is 162 Å². The van der Waals surface area contributed by atoms with Crippen molar-refractivity contribution in [2.24, 2.45) is 0 Å². The Morgan fingerprint density at radius 1 is 0.963 bits per heavy atom. The van der Waals surface area contributed by atoms with Crippen molar-refractivity contribution in [1.29, 1.82) is 0 Å². The molecule has 0 aliphatic rings. The molecule has 140 valence electrons. The highest BCUT2D eigenvalue weighted by molar-refractivity contribution is 7.80. The van der Waals surface area contributed by atoms with Gasteiger partial charge in [-0.05, 0) is 61.6 Å². The molecule has 0 atom stereocenters. The van der Waals surface area contributed by atoms with Gasteiger partial charge >= 0.3 is 5.97 Å². The number of thiocarbonyl (C=S) groups is 1. The van der Waals surface area contributed by atoms with Gasteiger partial charge in [-0.3, -0.25) is 14.9 Å². The van der Waals surface area contributed by atoms with Crippen molar-refractivity contribution in [2.75, 3.05) is 17.2 Å². The molecule has 0 saturated carbocycles. The number of rotatable bonds is 5. The average Bonchev–Trinajstić information content (AvgIpc) is 2.62. The van der Waals surface area contributed by atoms with Crippen LogP contribution in [0.25, 0.3) is 0 Å². The summed E-state index contributed by atoms with van der Waals surface area (Å²) in [6.45, 7) is 3.43. The van der Waals surface area contributed by atoms with E-state index in [2.05, 4.69) is 16.0 Å². The molecule has 0 fully saturated rings. The summed E-state index contributed by atoms with van der Waals surface area (Å²) in [7, 11) is 0. The number of benzene rings is 2. The van der Waals surface area contributed by atoms with Crippen LogP contribution in [0.2, 0.25) is 0 Å². The molecule has 0 saturated heterocycles. The summed E-state index contributed by atoms with van der Waals surface area (Å²) in [5.41, 5.74) is 1.90. The second-order valence-corrected chi connectivity index (χ2v) is 5.88. The van der Waals surface area contributed by atoms with Crippen LogP contribution in [0.15, 0.2) is 48.5 Å². The van der Waals surface area contributed by atoms with Crippen LogP contribution >= 0.6 is 12.2 Å². The summed E-state index contributed by atoms with van der Waals surface area (Å²) in [6.07, 6.45) is 0. The van der Waals surface area contributed by atoms with E-state index in [4.69, 9.17) is 17.0 Å². The highest BCUT2D eigenvalue weighted by Gasteiger charge is 2.10. The molecule has 7 nitrogen and oxygen atoms in total. The Hall–Kier alpha value is -3.26. The molecule has 0 unspecified atom stereocenters. The van der Waals surface area contributed by atoms with Crippen molar-refractivity contribution < 1.29 is 19.1 Å². The third kappa shape index (κ3) is 6.19. The first-order valence-electron chi connectivity index (χ1n) is 8.16. The van der Waals surface area contributed by atoms with Crippen molar-refractivity contribution in [3.63, 3.8) is 0 Å². The molecule has 0 aromatic heterocycles. The fourth-order valence-electron chi connectivity index (χ4n) is 2.18. The number of carbonyl (C=O) groups excluding carboxylic acids is 3. The van der Waals surface area contributed by atoms with E-state index in [9.17, 15) is 14.4 Å². The molecular weight excluding hydrogens is 366 g/mol. The second kappa shape index (κ2) is 9.44. The third-order valence-electron chi connectivity index (χ3n) is 3.33. The van der Waals surface area contributed by atoms with Crippen molar-refractivity contribution in [3.8, 4) is 0 Å². The lowest BCUT2D eigenvalue weighted by atomic mass is 10.2. The maximum absolute atomic E-state index is 12.3. The summed E-state index contributed by atoms with van der Waals surface area (Å²) in [4.78, 5) is 35.0. The van der Waals surface area contributed by atoms with Crippen molar-refractivity contribution in [2.45, 2.75) is 13.8 Å². The fourth-order valence-corrected chi connectivity index (χ4v) is 2.39. The molecule has 2 aromatic carbocycles. The molecule has 0 radical (unpaired) electrons. The summed E-state index contributed by atoms with van der Waals surface area (Å²) in [5, 5.41) is 8.14. The molecule has 0 aliphatic carbocycles. The summed E-state index contributed by atoms with van der Waals surface area (Å²) in [5.74, 6) is -1.04. The van der Waals surface area contributed by atoms with E-state index in [-0.39, 0.29) is 11.0 Å². The molecule has 0 spiro atoms. The lowest BCUT2D eigenvalue weighted by Crippen LogP contribution is -2.34. The third-order valence-corrected chi connectivity index (χ3v) is 3.53. The Balaban J connectivity index is 1.96. The maximum Gasteiger partial charge on any atom is 0.338 e. The molecule has 8 heteroatoms. The van der Waals surface area contributed by atoms with Crippen LogP contribution in [0.3, 0.4) is 0 Å². The van der Waals surface area contributed by atoms with Gasteiger partial charge in [-0.25, -0.2) is 4.79 Å². The van der Waals surface area contributed by atoms with E-state index >= 15 is 0 Å². The van der Waals surface area contributed by atoms with Gasteiger partial charge in [0.2, 0.25) is 5.91 Å². The van der Waals surface area contributed by atoms with Gasteiger partial charge in [-0.2, -0.15) is 0 Å².